The maximum absolute atomic E-state index is 13.6. The molecule has 208 valence electrons. The monoisotopic (exact) mass is 702 g/mol. The highest BCUT2D eigenvalue weighted by atomic mass is 127. The van der Waals surface area contributed by atoms with Crippen LogP contribution in [0.5, 0.6) is 0 Å². The standard InChI is InChI=1S/C26H27ClN4O5S2.HI/c1-3-36-24(32)14-20-15-30(38(34,35)21-7-5-17-12-19(27)6-4-18(17)13-21)10-11-31(20)26(33)25-28-22-8-9-29(2)16-23(22)37-25;/h4-9,12-13,16,20,25H,3,10-11,14-15H2,1-2H3;1H. The first-order valence-corrected chi connectivity index (χ1v) is 14.9. The van der Waals surface area contributed by atoms with Gasteiger partial charge in [0.25, 0.3) is 5.91 Å². The Morgan fingerprint density at radius 1 is 1.15 bits per heavy atom. The summed E-state index contributed by atoms with van der Waals surface area (Å²) < 4.78 is 35.7. The smallest absolute Gasteiger partial charge is 0.307 e. The number of amides is 1. The van der Waals surface area contributed by atoms with E-state index in [1.807, 2.05) is 30.1 Å². The number of ether oxygens (including phenoxy) is 1. The van der Waals surface area contributed by atoms with Crippen LogP contribution in [0, 0.1) is 0 Å². The van der Waals surface area contributed by atoms with Crippen LogP contribution in [-0.4, -0.2) is 67.2 Å². The predicted octanol–water partition coefficient (Wildman–Crippen LogP) is 0.0203. The van der Waals surface area contributed by atoms with Crippen molar-refractivity contribution < 1.29 is 51.3 Å². The van der Waals surface area contributed by atoms with Gasteiger partial charge in [0.1, 0.15) is 7.05 Å². The van der Waals surface area contributed by atoms with Crippen molar-refractivity contribution in [2.24, 2.45) is 7.05 Å². The van der Waals surface area contributed by atoms with Gasteiger partial charge < -0.3 is 38.9 Å². The van der Waals surface area contributed by atoms with E-state index in [1.165, 1.54) is 16.1 Å². The number of esters is 1. The Balaban J connectivity index is 0.00000353. The number of anilines is 1. The summed E-state index contributed by atoms with van der Waals surface area (Å²) in [5.41, 5.74) is 0.868. The molecule has 2 aromatic carbocycles. The minimum atomic E-state index is -3.87. The zero-order valence-electron chi connectivity index (χ0n) is 21.3. The van der Waals surface area contributed by atoms with E-state index in [0.717, 1.165) is 21.4 Å². The number of nitrogens with zero attached hydrogens (tertiary/aromatic N) is 3. The van der Waals surface area contributed by atoms with Crippen molar-refractivity contribution in [3.63, 3.8) is 0 Å². The fourth-order valence-corrected chi connectivity index (χ4v) is 7.61. The number of piperazine rings is 1. The van der Waals surface area contributed by atoms with Crippen LogP contribution in [0.4, 0.5) is 5.69 Å². The van der Waals surface area contributed by atoms with Gasteiger partial charge in [-0.3, -0.25) is 9.59 Å². The number of halogens is 2. The molecule has 2 unspecified atom stereocenters. The molecule has 1 fully saturated rings. The normalized spacial score (nSPS) is 19.2. The third kappa shape index (κ3) is 6.29. The number of carbonyl (C=O) groups is 2. The molecule has 9 nitrogen and oxygen atoms in total. The molecule has 13 heteroatoms. The fourth-order valence-electron chi connectivity index (χ4n) is 4.77. The summed E-state index contributed by atoms with van der Waals surface area (Å²) in [5, 5.41) is 4.85. The molecule has 0 aliphatic carbocycles. The Bertz CT molecular complexity index is 1520. The zero-order chi connectivity index (χ0) is 27.0. The second-order valence-electron chi connectivity index (χ2n) is 9.24. The second-order valence-corrected chi connectivity index (χ2v) is 12.8. The first-order valence-electron chi connectivity index (χ1n) is 12.2. The Morgan fingerprint density at radius 3 is 2.67 bits per heavy atom. The number of aryl methyl sites for hydroxylation is 1. The van der Waals surface area contributed by atoms with Gasteiger partial charge in [0.2, 0.25) is 10.0 Å². The summed E-state index contributed by atoms with van der Waals surface area (Å²) in [7, 11) is -1.96. The largest absolute Gasteiger partial charge is 1.00 e. The Hall–Kier alpha value is -2.13. The van der Waals surface area contributed by atoms with Crippen molar-refractivity contribution in [2.75, 3.05) is 31.6 Å². The molecular weight excluding hydrogens is 675 g/mol. The van der Waals surface area contributed by atoms with E-state index in [0.29, 0.717) is 5.02 Å². The van der Waals surface area contributed by atoms with Crippen LogP contribution in [-0.2, 0) is 31.4 Å². The molecule has 0 saturated carbocycles. The lowest BCUT2D eigenvalue weighted by atomic mass is 10.1. The number of aromatic nitrogens is 1. The van der Waals surface area contributed by atoms with E-state index in [1.54, 1.807) is 48.2 Å². The zero-order valence-corrected chi connectivity index (χ0v) is 25.9. The molecule has 2 aliphatic rings. The number of carbonyl (C=O) groups excluding carboxylic acids is 2. The molecule has 39 heavy (non-hydrogen) atoms. The summed E-state index contributed by atoms with van der Waals surface area (Å²) in [6.45, 7) is 2.18. The third-order valence-electron chi connectivity index (χ3n) is 6.67. The molecule has 3 heterocycles. The molecule has 2 aliphatic heterocycles. The predicted molar refractivity (Wildman–Crippen MR) is 145 cm³/mol. The number of hydrogen-bond acceptors (Lipinski definition) is 7. The lowest BCUT2D eigenvalue weighted by Crippen LogP contribution is -3.00. The van der Waals surface area contributed by atoms with Crippen molar-refractivity contribution in [3.05, 3.63) is 59.9 Å². The number of rotatable bonds is 6. The van der Waals surface area contributed by atoms with E-state index < -0.39 is 27.4 Å². The first kappa shape index (κ1) is 29.8. The Kier molecular flexibility index (Phi) is 9.31. The van der Waals surface area contributed by atoms with Crippen LogP contribution >= 0.6 is 23.4 Å². The van der Waals surface area contributed by atoms with Gasteiger partial charge in [-0.2, -0.15) is 4.31 Å². The number of nitrogens with one attached hydrogen (secondary N) is 1. The number of benzene rings is 2. The molecule has 1 aromatic heterocycles. The SMILES string of the molecule is CCOC(=O)CC1CN(S(=O)(=O)c2ccc3cc(Cl)ccc3c2)CCN1C(=O)C1Nc2cc[n+](C)cc2S1.[I-]. The fraction of sp³-hybridized carbons (Fsp3) is 0.346. The molecule has 2 atom stereocenters. The molecule has 0 spiro atoms. The summed E-state index contributed by atoms with van der Waals surface area (Å²) in [4.78, 5) is 28.8. The second kappa shape index (κ2) is 12.2. The minimum absolute atomic E-state index is 0. The van der Waals surface area contributed by atoms with Crippen molar-refractivity contribution in [3.8, 4) is 0 Å². The lowest BCUT2D eigenvalue weighted by molar-refractivity contribution is -0.673. The van der Waals surface area contributed by atoms with Crippen LogP contribution in [0.15, 0.2) is 64.6 Å². The Morgan fingerprint density at radius 2 is 1.90 bits per heavy atom. The van der Waals surface area contributed by atoms with Gasteiger partial charge in [0, 0.05) is 30.7 Å². The van der Waals surface area contributed by atoms with Crippen LogP contribution in [0.3, 0.4) is 0 Å². The van der Waals surface area contributed by atoms with E-state index in [9.17, 15) is 18.0 Å². The highest BCUT2D eigenvalue weighted by Gasteiger charge is 2.41. The van der Waals surface area contributed by atoms with E-state index in [4.69, 9.17) is 16.3 Å². The van der Waals surface area contributed by atoms with Gasteiger partial charge in [-0.05, 0) is 42.0 Å². The number of pyridine rings is 1. The van der Waals surface area contributed by atoms with Gasteiger partial charge >= 0.3 is 5.97 Å². The minimum Gasteiger partial charge on any atom is -1.00 e. The van der Waals surface area contributed by atoms with Gasteiger partial charge in [0.15, 0.2) is 17.8 Å². The third-order valence-corrected chi connectivity index (χ3v) is 9.90. The van der Waals surface area contributed by atoms with Crippen LogP contribution in [0.1, 0.15) is 13.3 Å². The average Bonchev–Trinajstić information content (AvgIpc) is 3.31. The summed E-state index contributed by atoms with van der Waals surface area (Å²) in [6, 6.07) is 11.4. The van der Waals surface area contributed by atoms with E-state index >= 15 is 0 Å². The molecule has 1 saturated heterocycles. The van der Waals surface area contributed by atoms with Crippen LogP contribution in [0.2, 0.25) is 5.02 Å². The van der Waals surface area contributed by atoms with Crippen LogP contribution in [0.25, 0.3) is 10.8 Å². The summed E-state index contributed by atoms with van der Waals surface area (Å²) >= 11 is 7.47. The van der Waals surface area contributed by atoms with Gasteiger partial charge in [-0.25, -0.2) is 13.0 Å². The molecule has 0 radical (unpaired) electrons. The van der Waals surface area contributed by atoms with Crippen LogP contribution < -0.4 is 33.9 Å². The van der Waals surface area contributed by atoms with Crippen molar-refractivity contribution in [1.29, 1.82) is 0 Å². The van der Waals surface area contributed by atoms with Gasteiger partial charge in [-0.1, -0.05) is 35.5 Å². The summed E-state index contributed by atoms with van der Waals surface area (Å²) in [6.07, 6.45) is 3.74. The molecule has 5 rings (SSSR count). The van der Waals surface area contributed by atoms with E-state index in [-0.39, 0.29) is 67.4 Å². The van der Waals surface area contributed by atoms with Gasteiger partial charge in [-0.15, -0.1) is 0 Å². The van der Waals surface area contributed by atoms with E-state index in [2.05, 4.69) is 5.32 Å². The average molecular weight is 703 g/mol. The van der Waals surface area contributed by atoms with Crippen molar-refractivity contribution >= 4 is 61.7 Å². The van der Waals surface area contributed by atoms with Gasteiger partial charge in [0.05, 0.1) is 34.5 Å². The summed E-state index contributed by atoms with van der Waals surface area (Å²) in [5.74, 6) is -0.665. The molecule has 3 aromatic rings. The molecule has 1 amide bonds. The molecule has 1 N–H and O–H groups in total. The maximum atomic E-state index is 13.6. The lowest BCUT2D eigenvalue weighted by Gasteiger charge is -2.41. The first-order chi connectivity index (χ1) is 18.2. The highest BCUT2D eigenvalue weighted by molar-refractivity contribution is 8.01. The number of sulfonamides is 1. The number of hydrogen-bond donors (Lipinski definition) is 1. The quantitative estimate of drug-likeness (QED) is 0.220. The molecular formula is C26H28ClIN4O5S2. The Labute approximate surface area is 253 Å². The highest BCUT2D eigenvalue weighted by Crippen LogP contribution is 2.38. The van der Waals surface area contributed by atoms with Crippen molar-refractivity contribution in [1.82, 2.24) is 9.21 Å². The number of thioether (sulfide) groups is 1. The number of fused-ring (bicyclic) bond motifs is 2. The van der Waals surface area contributed by atoms with Crippen molar-refractivity contribution in [2.45, 2.75) is 34.6 Å². The topological polar surface area (TPSA) is 99.9 Å². The maximum Gasteiger partial charge on any atom is 0.307 e. The molecule has 0 bridgehead atoms.